The van der Waals surface area contributed by atoms with Crippen molar-refractivity contribution < 1.29 is 44.5 Å². The highest BCUT2D eigenvalue weighted by atomic mass is 16.6. The summed E-state index contributed by atoms with van der Waals surface area (Å²) in [4.78, 5) is 13.9. The van der Waals surface area contributed by atoms with Crippen molar-refractivity contribution in [3.63, 3.8) is 0 Å². The van der Waals surface area contributed by atoms with Crippen LogP contribution in [-0.4, -0.2) is 38.6 Å². The topological polar surface area (TPSA) is 146 Å². The molecule has 0 fully saturated rings. The lowest BCUT2D eigenvalue weighted by molar-refractivity contribution is -0.139. The molecule has 0 unspecified atom stereocenters. The van der Waals surface area contributed by atoms with Gasteiger partial charge >= 0.3 is 5.97 Å². The number of fused-ring (bicyclic) bond motifs is 4. The Labute approximate surface area is 222 Å². The molecule has 0 radical (unpaired) electrons. The van der Waals surface area contributed by atoms with Gasteiger partial charge in [-0.15, -0.1) is 0 Å². The minimum Gasteiger partial charge on any atom is -0.508 e. The van der Waals surface area contributed by atoms with Gasteiger partial charge in [-0.05, 0) is 34.9 Å². The lowest BCUT2D eigenvalue weighted by atomic mass is 9.68. The molecule has 0 aliphatic carbocycles. The average Bonchev–Trinajstić information content (AvgIpc) is 3.38. The predicted octanol–water partition coefficient (Wildman–Crippen LogP) is 4.73. The number of phenolic OH excluding ortho intramolecular Hbond substituents is 5. The molecule has 4 aromatic rings. The Bertz CT molecular complexity index is 1650. The molecule has 0 bridgehead atoms. The Morgan fingerprint density at radius 1 is 0.795 bits per heavy atom. The Hall–Kier alpha value is -5.31. The number of aromatic hydroxyl groups is 5. The van der Waals surface area contributed by atoms with Gasteiger partial charge in [-0.3, -0.25) is 4.79 Å². The Balaban J connectivity index is 1.61. The molecule has 2 atom stereocenters. The predicted molar refractivity (Wildman–Crippen MR) is 139 cm³/mol. The van der Waals surface area contributed by atoms with Gasteiger partial charge in [-0.2, -0.15) is 0 Å². The van der Waals surface area contributed by atoms with E-state index in [9.17, 15) is 30.3 Å². The van der Waals surface area contributed by atoms with Crippen LogP contribution in [0.2, 0.25) is 0 Å². The molecule has 0 aromatic heterocycles. The van der Waals surface area contributed by atoms with Crippen molar-refractivity contribution in [3.8, 4) is 46.0 Å². The van der Waals surface area contributed by atoms with Crippen LogP contribution in [0.1, 0.15) is 33.9 Å². The zero-order chi connectivity index (χ0) is 27.5. The van der Waals surface area contributed by atoms with Crippen molar-refractivity contribution in [1.29, 1.82) is 0 Å². The van der Waals surface area contributed by atoms with Crippen LogP contribution >= 0.6 is 0 Å². The van der Waals surface area contributed by atoms with E-state index in [-0.39, 0.29) is 51.6 Å². The molecular formula is C30H22O9. The largest absolute Gasteiger partial charge is 0.508 e. The molecule has 2 aliphatic rings. The van der Waals surface area contributed by atoms with Crippen LogP contribution in [0.3, 0.4) is 0 Å². The summed E-state index contributed by atoms with van der Waals surface area (Å²) in [5, 5.41) is 52.1. The van der Waals surface area contributed by atoms with E-state index >= 15 is 0 Å². The van der Waals surface area contributed by atoms with Gasteiger partial charge in [-0.25, -0.2) is 0 Å². The maximum Gasteiger partial charge on any atom is 0.331 e. The number of carbonyl (C=O) groups is 1. The summed E-state index contributed by atoms with van der Waals surface area (Å²) < 4.78 is 16.9. The average molecular weight is 526 g/mol. The second-order valence-electron chi connectivity index (χ2n) is 9.28. The lowest BCUT2D eigenvalue weighted by Gasteiger charge is -2.28. The third kappa shape index (κ3) is 3.51. The van der Waals surface area contributed by atoms with Crippen LogP contribution in [0.25, 0.3) is 12.2 Å². The van der Waals surface area contributed by atoms with E-state index in [2.05, 4.69) is 0 Å². The molecular weight excluding hydrogens is 504 g/mol. The number of ether oxygens (including phenoxy) is 3. The normalized spacial score (nSPS) is 19.1. The van der Waals surface area contributed by atoms with Crippen molar-refractivity contribution in [1.82, 2.24) is 0 Å². The first-order chi connectivity index (χ1) is 18.7. The summed E-state index contributed by atoms with van der Waals surface area (Å²) in [6.45, 7) is 0. The van der Waals surface area contributed by atoms with Crippen LogP contribution in [0, 0.1) is 0 Å². The summed E-state index contributed by atoms with van der Waals surface area (Å²) >= 11 is 0. The van der Waals surface area contributed by atoms with E-state index in [0.29, 0.717) is 22.3 Å². The first kappa shape index (κ1) is 24.1. The molecule has 39 heavy (non-hydrogen) atoms. The first-order valence-corrected chi connectivity index (χ1v) is 11.9. The van der Waals surface area contributed by atoms with Crippen molar-refractivity contribution in [2.75, 3.05) is 7.11 Å². The molecule has 2 aliphatic heterocycles. The monoisotopic (exact) mass is 526 g/mol. The van der Waals surface area contributed by atoms with Gasteiger partial charge in [0.25, 0.3) is 0 Å². The zero-order valence-electron chi connectivity index (χ0n) is 20.5. The maximum absolute atomic E-state index is 13.9. The number of carbonyl (C=O) groups excluding carboxylic acids is 1. The fourth-order valence-electron chi connectivity index (χ4n) is 5.48. The standard InChI is InChI=1S/C30H22O9/c1-37-27-21(34)9-15(10-22(27)35)7-8-17-11-18(31)13-23-25(17)30(29(36)39-23)26-20(33)12-19(32)14-24(26)38-28(30)16-5-3-2-4-6-16/h2-14,28,31-35H,1H3/b8-7+/t28-,30+/m1/s1. The van der Waals surface area contributed by atoms with Gasteiger partial charge in [0, 0.05) is 23.8 Å². The number of phenols is 5. The van der Waals surface area contributed by atoms with Crippen LogP contribution in [0.5, 0.6) is 46.0 Å². The van der Waals surface area contributed by atoms with Crippen LogP contribution < -0.4 is 14.2 Å². The van der Waals surface area contributed by atoms with Crippen LogP contribution in [0.15, 0.2) is 66.7 Å². The third-order valence-electron chi connectivity index (χ3n) is 6.97. The quantitative estimate of drug-likeness (QED) is 0.145. The third-order valence-corrected chi connectivity index (χ3v) is 6.97. The van der Waals surface area contributed by atoms with Crippen molar-refractivity contribution in [3.05, 3.63) is 94.5 Å². The molecule has 6 rings (SSSR count). The van der Waals surface area contributed by atoms with Gasteiger partial charge in [0.05, 0.1) is 12.7 Å². The van der Waals surface area contributed by atoms with E-state index in [0.717, 1.165) is 6.07 Å². The molecule has 4 aromatic carbocycles. The smallest absolute Gasteiger partial charge is 0.331 e. The fourth-order valence-corrected chi connectivity index (χ4v) is 5.48. The van der Waals surface area contributed by atoms with E-state index in [4.69, 9.17) is 14.2 Å². The number of hydrogen-bond donors (Lipinski definition) is 5. The molecule has 0 saturated carbocycles. The molecule has 5 N–H and O–H groups in total. The van der Waals surface area contributed by atoms with E-state index in [1.165, 1.54) is 37.4 Å². The van der Waals surface area contributed by atoms with Gasteiger partial charge in [0.15, 0.2) is 16.9 Å². The summed E-state index contributed by atoms with van der Waals surface area (Å²) in [6.07, 6.45) is 2.16. The molecule has 1 spiro atoms. The summed E-state index contributed by atoms with van der Waals surface area (Å²) in [6, 6.07) is 16.9. The second kappa shape index (κ2) is 8.63. The van der Waals surface area contributed by atoms with Crippen LogP contribution in [0.4, 0.5) is 0 Å². The van der Waals surface area contributed by atoms with Gasteiger partial charge in [-0.1, -0.05) is 42.5 Å². The number of rotatable bonds is 4. The Morgan fingerprint density at radius 3 is 2.15 bits per heavy atom. The fraction of sp³-hybridized carbons (Fsp3) is 0.100. The minimum absolute atomic E-state index is 0.0740. The van der Waals surface area contributed by atoms with Gasteiger partial charge in [0.1, 0.15) is 34.9 Å². The molecule has 9 nitrogen and oxygen atoms in total. The van der Waals surface area contributed by atoms with Crippen molar-refractivity contribution in [2.24, 2.45) is 0 Å². The second-order valence-corrected chi connectivity index (χ2v) is 9.28. The molecule has 9 heteroatoms. The van der Waals surface area contributed by atoms with E-state index in [1.54, 1.807) is 36.4 Å². The minimum atomic E-state index is -1.69. The van der Waals surface area contributed by atoms with Gasteiger partial charge in [0.2, 0.25) is 5.75 Å². The highest BCUT2D eigenvalue weighted by molar-refractivity contribution is 6.00. The molecule has 0 saturated heterocycles. The van der Waals surface area contributed by atoms with E-state index in [1.807, 2.05) is 6.07 Å². The van der Waals surface area contributed by atoms with Crippen molar-refractivity contribution >= 4 is 18.1 Å². The summed E-state index contributed by atoms with van der Waals surface area (Å²) in [5.74, 6) is -1.96. The summed E-state index contributed by atoms with van der Waals surface area (Å²) in [5.41, 5.74) is 0.134. The number of methoxy groups -OCH3 is 1. The lowest BCUT2D eigenvalue weighted by Crippen LogP contribution is -2.40. The number of esters is 1. The number of benzene rings is 4. The highest BCUT2D eigenvalue weighted by Crippen LogP contribution is 2.63. The van der Waals surface area contributed by atoms with Gasteiger partial charge < -0.3 is 39.7 Å². The molecule has 0 amide bonds. The molecule has 2 heterocycles. The summed E-state index contributed by atoms with van der Waals surface area (Å²) in [7, 11) is 1.32. The van der Waals surface area contributed by atoms with Crippen LogP contribution in [-0.2, 0) is 10.2 Å². The number of hydrogen-bond acceptors (Lipinski definition) is 9. The maximum atomic E-state index is 13.9. The van der Waals surface area contributed by atoms with Crippen molar-refractivity contribution in [2.45, 2.75) is 11.5 Å². The zero-order valence-corrected chi connectivity index (χ0v) is 20.5. The Kier molecular flexibility index (Phi) is 5.32. The SMILES string of the molecule is COc1c(O)cc(/C=C/c2cc(O)cc3c2[C@]2(C(=O)O3)c3c(O)cc(O)cc3O[C@@H]2c2ccccc2)cc1O. The Morgan fingerprint density at radius 2 is 1.46 bits per heavy atom. The van der Waals surface area contributed by atoms with E-state index < -0.39 is 17.5 Å². The molecule has 196 valence electrons. The first-order valence-electron chi connectivity index (χ1n) is 11.9. The highest BCUT2D eigenvalue weighted by Gasteiger charge is 2.64.